The minimum Gasteiger partial charge on any atom is -0.350 e. The largest absolute Gasteiger partial charge is 0.350 e. The van der Waals surface area contributed by atoms with Crippen LogP contribution in [0.3, 0.4) is 0 Å². The van der Waals surface area contributed by atoms with Gasteiger partial charge in [0.05, 0.1) is 21.7 Å². The molecule has 2 aromatic heterocycles. The highest BCUT2D eigenvalue weighted by atomic mass is 32.2. The van der Waals surface area contributed by atoms with Crippen molar-refractivity contribution in [2.24, 2.45) is 0 Å². The Morgan fingerprint density at radius 3 is 2.56 bits per heavy atom. The lowest BCUT2D eigenvalue weighted by molar-refractivity contribution is -0.122. The van der Waals surface area contributed by atoms with Crippen LogP contribution in [0, 0.1) is 5.82 Å². The van der Waals surface area contributed by atoms with Crippen LogP contribution in [0.1, 0.15) is 15.9 Å². The van der Waals surface area contributed by atoms with E-state index in [1.54, 1.807) is 24.5 Å². The quantitative estimate of drug-likeness (QED) is 0.380. The van der Waals surface area contributed by atoms with Gasteiger partial charge in [-0.1, -0.05) is 30.3 Å². The Kier molecular flexibility index (Phi) is 6.55. The molecular formula is C27H19FN4O3S. The standard InChI is InChI=1S/C27H19FN4O3S/c28-19-7-5-17(6-8-19)15-24-26(34)32(27(35)36-24)14-13-30-25(33)21-16-23(18-9-11-29-12-10-18)31-22-4-2-1-3-20(21)22/h1-12,15-16H,13-14H2,(H,30,33). The van der Waals surface area contributed by atoms with Gasteiger partial charge in [-0.2, -0.15) is 0 Å². The fraction of sp³-hybridized carbons (Fsp3) is 0.0741. The topological polar surface area (TPSA) is 92.3 Å². The number of benzene rings is 2. The first-order valence-electron chi connectivity index (χ1n) is 11.1. The molecule has 5 rings (SSSR count). The molecule has 1 fully saturated rings. The Balaban J connectivity index is 1.30. The number of amides is 3. The zero-order chi connectivity index (χ0) is 25.1. The van der Waals surface area contributed by atoms with Crippen molar-refractivity contribution < 1.29 is 18.8 Å². The van der Waals surface area contributed by atoms with Gasteiger partial charge in [0.2, 0.25) is 0 Å². The van der Waals surface area contributed by atoms with Crippen molar-refractivity contribution in [3.63, 3.8) is 0 Å². The van der Waals surface area contributed by atoms with Gasteiger partial charge in [-0.3, -0.25) is 24.3 Å². The number of thioether (sulfide) groups is 1. The number of carbonyl (C=O) groups excluding carboxylic acids is 3. The van der Waals surface area contributed by atoms with E-state index >= 15 is 0 Å². The Morgan fingerprint density at radius 1 is 1.03 bits per heavy atom. The van der Waals surface area contributed by atoms with Crippen LogP contribution in [0.4, 0.5) is 9.18 Å². The molecule has 178 valence electrons. The van der Waals surface area contributed by atoms with E-state index in [1.165, 1.54) is 24.3 Å². The SMILES string of the molecule is O=C(NCCN1C(=O)SC(=Cc2ccc(F)cc2)C1=O)c1cc(-c2ccncc2)nc2ccccc12. The normalized spacial score (nSPS) is 14.6. The minimum absolute atomic E-state index is 0.0252. The van der Waals surface area contributed by atoms with Gasteiger partial charge in [-0.05, 0) is 59.8 Å². The highest BCUT2D eigenvalue weighted by Gasteiger charge is 2.34. The zero-order valence-electron chi connectivity index (χ0n) is 18.8. The monoisotopic (exact) mass is 498 g/mol. The fourth-order valence-corrected chi connectivity index (χ4v) is 4.68. The van der Waals surface area contributed by atoms with Gasteiger partial charge in [-0.15, -0.1) is 0 Å². The summed E-state index contributed by atoms with van der Waals surface area (Å²) in [6.45, 7) is 0.110. The number of pyridine rings is 2. The number of nitrogens with one attached hydrogen (secondary N) is 1. The number of carbonyl (C=O) groups is 3. The Bertz CT molecular complexity index is 1510. The summed E-state index contributed by atoms with van der Waals surface area (Å²) in [6.07, 6.45) is 4.87. The van der Waals surface area contributed by atoms with E-state index in [4.69, 9.17) is 0 Å². The van der Waals surface area contributed by atoms with E-state index in [2.05, 4.69) is 15.3 Å². The molecule has 0 aliphatic carbocycles. The van der Waals surface area contributed by atoms with Crippen molar-refractivity contribution in [2.75, 3.05) is 13.1 Å². The Morgan fingerprint density at radius 2 is 1.78 bits per heavy atom. The number of para-hydroxylation sites is 1. The highest BCUT2D eigenvalue weighted by Crippen LogP contribution is 2.32. The molecule has 9 heteroatoms. The number of aromatic nitrogens is 2. The van der Waals surface area contributed by atoms with Crippen LogP contribution in [0.15, 0.2) is 84.0 Å². The lowest BCUT2D eigenvalue weighted by Crippen LogP contribution is -2.37. The molecule has 1 aliphatic heterocycles. The van der Waals surface area contributed by atoms with E-state index in [0.29, 0.717) is 27.7 Å². The van der Waals surface area contributed by atoms with Crippen LogP contribution in [0.25, 0.3) is 28.2 Å². The molecule has 4 aromatic rings. The molecule has 1 aliphatic rings. The molecular weight excluding hydrogens is 479 g/mol. The summed E-state index contributed by atoms with van der Waals surface area (Å²) in [5, 5.41) is 3.09. The number of nitrogens with zero attached hydrogens (tertiary/aromatic N) is 3. The fourth-order valence-electron chi connectivity index (χ4n) is 3.81. The second-order valence-corrected chi connectivity index (χ2v) is 8.94. The van der Waals surface area contributed by atoms with Gasteiger partial charge in [0.1, 0.15) is 5.82 Å². The van der Waals surface area contributed by atoms with E-state index < -0.39 is 11.1 Å². The summed E-state index contributed by atoms with van der Waals surface area (Å²) >= 11 is 0.816. The molecule has 1 N–H and O–H groups in total. The third kappa shape index (κ3) is 4.87. The molecule has 3 heterocycles. The van der Waals surface area contributed by atoms with Gasteiger partial charge in [0, 0.05) is 36.4 Å². The molecule has 0 atom stereocenters. The molecule has 2 aromatic carbocycles. The second-order valence-electron chi connectivity index (χ2n) is 7.95. The van der Waals surface area contributed by atoms with Crippen LogP contribution in [-0.2, 0) is 4.79 Å². The molecule has 0 radical (unpaired) electrons. The third-order valence-corrected chi connectivity index (χ3v) is 6.51. The maximum absolute atomic E-state index is 13.1. The molecule has 0 bridgehead atoms. The van der Waals surface area contributed by atoms with Crippen LogP contribution >= 0.6 is 11.8 Å². The van der Waals surface area contributed by atoms with E-state index in [-0.39, 0.29) is 29.7 Å². The van der Waals surface area contributed by atoms with Crippen LogP contribution in [-0.4, -0.2) is 45.0 Å². The predicted octanol–water partition coefficient (Wildman–Crippen LogP) is 4.90. The Labute approximate surface area is 210 Å². The van der Waals surface area contributed by atoms with Crippen molar-refractivity contribution in [3.8, 4) is 11.3 Å². The van der Waals surface area contributed by atoms with Crippen molar-refractivity contribution in [2.45, 2.75) is 0 Å². The van der Waals surface area contributed by atoms with Crippen LogP contribution in [0.2, 0.25) is 0 Å². The summed E-state index contributed by atoms with van der Waals surface area (Å²) in [5.41, 5.74) is 3.20. The van der Waals surface area contributed by atoms with Gasteiger partial charge in [-0.25, -0.2) is 9.37 Å². The molecule has 0 spiro atoms. The van der Waals surface area contributed by atoms with E-state index in [1.807, 2.05) is 36.4 Å². The van der Waals surface area contributed by atoms with Crippen LogP contribution < -0.4 is 5.32 Å². The number of fused-ring (bicyclic) bond motifs is 1. The predicted molar refractivity (Wildman–Crippen MR) is 136 cm³/mol. The summed E-state index contributed by atoms with van der Waals surface area (Å²) < 4.78 is 13.1. The average Bonchev–Trinajstić information content (AvgIpc) is 3.17. The minimum atomic E-state index is -0.446. The van der Waals surface area contributed by atoms with E-state index in [9.17, 15) is 18.8 Å². The smallest absolute Gasteiger partial charge is 0.293 e. The molecule has 7 nitrogen and oxygen atoms in total. The van der Waals surface area contributed by atoms with Gasteiger partial charge < -0.3 is 5.32 Å². The van der Waals surface area contributed by atoms with Crippen molar-refractivity contribution in [1.29, 1.82) is 0 Å². The molecule has 0 unspecified atom stereocenters. The van der Waals surface area contributed by atoms with Gasteiger partial charge in [0.25, 0.3) is 17.1 Å². The first-order valence-corrected chi connectivity index (χ1v) is 11.9. The summed E-state index contributed by atoms with van der Waals surface area (Å²) in [6, 6.07) is 18.3. The van der Waals surface area contributed by atoms with Crippen molar-refractivity contribution in [1.82, 2.24) is 20.2 Å². The summed E-state index contributed by atoms with van der Waals surface area (Å²) in [7, 11) is 0. The van der Waals surface area contributed by atoms with Crippen molar-refractivity contribution in [3.05, 3.63) is 101 Å². The number of hydrogen-bond acceptors (Lipinski definition) is 6. The number of imide groups is 1. The lowest BCUT2D eigenvalue weighted by atomic mass is 10.0. The Hall–Kier alpha value is -4.37. The highest BCUT2D eigenvalue weighted by molar-refractivity contribution is 8.18. The van der Waals surface area contributed by atoms with Gasteiger partial charge >= 0.3 is 0 Å². The molecule has 36 heavy (non-hydrogen) atoms. The maximum atomic E-state index is 13.1. The number of halogens is 1. The lowest BCUT2D eigenvalue weighted by Gasteiger charge is -2.14. The first kappa shape index (κ1) is 23.4. The molecule has 1 saturated heterocycles. The average molecular weight is 499 g/mol. The first-order chi connectivity index (χ1) is 17.5. The number of rotatable bonds is 6. The number of hydrogen-bond donors (Lipinski definition) is 1. The van der Waals surface area contributed by atoms with Crippen LogP contribution in [0.5, 0.6) is 0 Å². The molecule has 3 amide bonds. The van der Waals surface area contributed by atoms with Gasteiger partial charge in [0.15, 0.2) is 0 Å². The molecule has 0 saturated carbocycles. The van der Waals surface area contributed by atoms with Crippen molar-refractivity contribution >= 4 is 45.8 Å². The third-order valence-electron chi connectivity index (χ3n) is 5.60. The summed E-state index contributed by atoms with van der Waals surface area (Å²) in [4.78, 5) is 48.3. The van der Waals surface area contributed by atoms with E-state index in [0.717, 1.165) is 22.2 Å². The summed E-state index contributed by atoms with van der Waals surface area (Å²) in [5.74, 6) is -1.17. The maximum Gasteiger partial charge on any atom is 0.293 e. The second kappa shape index (κ2) is 10.1. The zero-order valence-corrected chi connectivity index (χ0v) is 19.7.